The molecule has 3 aromatic rings. The van der Waals surface area contributed by atoms with Crippen molar-refractivity contribution in [2.24, 2.45) is 0 Å². The molecule has 28 heavy (non-hydrogen) atoms. The van der Waals surface area contributed by atoms with Crippen molar-refractivity contribution < 1.29 is 19.0 Å². The Morgan fingerprint density at radius 3 is 2.64 bits per heavy atom. The summed E-state index contributed by atoms with van der Waals surface area (Å²) in [6, 6.07) is 18.6. The van der Waals surface area contributed by atoms with Crippen LogP contribution in [-0.2, 0) is 6.61 Å². The molecule has 0 atom stereocenters. The van der Waals surface area contributed by atoms with Crippen LogP contribution >= 0.6 is 11.8 Å². The van der Waals surface area contributed by atoms with E-state index in [0.29, 0.717) is 40.9 Å². The number of carbonyl (C=O) groups excluding carboxylic acids is 1. The number of thioether (sulfide) groups is 1. The standard InChI is InChI=1S/C22H19NO4S/c1-25-21-12-16(28-2)8-9-17(21)22(24)23-15-7-10-18-14(11-15)13-26-19-5-3-4-6-20(19)27-18/h3-12H,13H2,1-2H3,(H,23,24). The summed E-state index contributed by atoms with van der Waals surface area (Å²) < 4.78 is 17.1. The second-order valence-electron chi connectivity index (χ2n) is 6.18. The summed E-state index contributed by atoms with van der Waals surface area (Å²) in [5, 5.41) is 2.93. The topological polar surface area (TPSA) is 56.8 Å². The predicted molar refractivity (Wildman–Crippen MR) is 110 cm³/mol. The number of amides is 1. The fourth-order valence-corrected chi connectivity index (χ4v) is 3.41. The minimum absolute atomic E-state index is 0.233. The Morgan fingerprint density at radius 1 is 1.04 bits per heavy atom. The van der Waals surface area contributed by atoms with Crippen molar-refractivity contribution in [1.82, 2.24) is 0 Å². The average molecular weight is 393 g/mol. The molecule has 0 saturated heterocycles. The summed E-state index contributed by atoms with van der Waals surface area (Å²) in [4.78, 5) is 13.8. The Balaban J connectivity index is 1.56. The first-order chi connectivity index (χ1) is 13.7. The highest BCUT2D eigenvalue weighted by molar-refractivity contribution is 7.98. The van der Waals surface area contributed by atoms with Gasteiger partial charge in [0, 0.05) is 16.1 Å². The van der Waals surface area contributed by atoms with Crippen LogP contribution in [0.5, 0.6) is 23.0 Å². The molecule has 0 bridgehead atoms. The molecular formula is C22H19NO4S. The molecule has 0 aromatic heterocycles. The van der Waals surface area contributed by atoms with E-state index in [1.807, 2.05) is 60.9 Å². The van der Waals surface area contributed by atoms with Crippen LogP contribution in [0, 0.1) is 0 Å². The molecule has 1 amide bonds. The van der Waals surface area contributed by atoms with Crippen LogP contribution in [0.25, 0.3) is 0 Å². The van der Waals surface area contributed by atoms with E-state index in [0.717, 1.165) is 10.5 Å². The van der Waals surface area contributed by atoms with E-state index >= 15 is 0 Å². The first kappa shape index (κ1) is 18.3. The van der Waals surface area contributed by atoms with Crippen LogP contribution < -0.4 is 19.5 Å². The van der Waals surface area contributed by atoms with E-state index in [-0.39, 0.29) is 5.91 Å². The number of hydrogen-bond acceptors (Lipinski definition) is 5. The van der Waals surface area contributed by atoms with E-state index in [4.69, 9.17) is 14.2 Å². The Hall–Kier alpha value is -3.12. The van der Waals surface area contributed by atoms with E-state index in [1.54, 1.807) is 24.9 Å². The van der Waals surface area contributed by atoms with Gasteiger partial charge >= 0.3 is 0 Å². The number of fused-ring (bicyclic) bond motifs is 2. The molecule has 1 N–H and O–H groups in total. The average Bonchev–Trinajstić information content (AvgIpc) is 2.92. The van der Waals surface area contributed by atoms with E-state index in [9.17, 15) is 4.79 Å². The number of rotatable bonds is 4. The maximum absolute atomic E-state index is 12.7. The molecule has 0 radical (unpaired) electrons. The highest BCUT2D eigenvalue weighted by Crippen LogP contribution is 2.38. The zero-order valence-electron chi connectivity index (χ0n) is 15.5. The molecule has 6 heteroatoms. The lowest BCUT2D eigenvalue weighted by atomic mass is 10.1. The Bertz CT molecular complexity index is 1030. The number of para-hydroxylation sites is 2. The summed E-state index contributed by atoms with van der Waals surface area (Å²) in [7, 11) is 1.56. The molecule has 0 spiro atoms. The maximum Gasteiger partial charge on any atom is 0.259 e. The van der Waals surface area contributed by atoms with Gasteiger partial charge in [-0.3, -0.25) is 4.79 Å². The van der Waals surface area contributed by atoms with Gasteiger partial charge in [-0.2, -0.15) is 0 Å². The van der Waals surface area contributed by atoms with E-state index in [2.05, 4.69) is 5.32 Å². The molecule has 5 nitrogen and oxygen atoms in total. The smallest absolute Gasteiger partial charge is 0.259 e. The lowest BCUT2D eigenvalue weighted by Gasteiger charge is -2.12. The minimum Gasteiger partial charge on any atom is -0.496 e. The Labute approximate surface area is 167 Å². The molecule has 1 aliphatic heterocycles. The second-order valence-corrected chi connectivity index (χ2v) is 7.06. The van der Waals surface area contributed by atoms with Crippen LogP contribution in [0.1, 0.15) is 15.9 Å². The molecule has 0 saturated carbocycles. The molecule has 1 aliphatic rings. The van der Waals surface area contributed by atoms with Crippen LogP contribution in [0.4, 0.5) is 5.69 Å². The van der Waals surface area contributed by atoms with Crippen molar-refractivity contribution in [1.29, 1.82) is 0 Å². The summed E-state index contributed by atoms with van der Waals surface area (Å²) >= 11 is 1.60. The van der Waals surface area contributed by atoms with Gasteiger partial charge in [0.25, 0.3) is 5.91 Å². The fourth-order valence-electron chi connectivity index (χ4n) is 2.98. The first-order valence-corrected chi connectivity index (χ1v) is 9.96. The molecule has 0 unspecified atom stereocenters. The number of ether oxygens (including phenoxy) is 3. The molecule has 3 aromatic carbocycles. The molecular weight excluding hydrogens is 374 g/mol. The van der Waals surface area contributed by atoms with Crippen molar-refractivity contribution in [2.45, 2.75) is 11.5 Å². The number of nitrogens with one attached hydrogen (secondary N) is 1. The highest BCUT2D eigenvalue weighted by atomic mass is 32.2. The van der Waals surface area contributed by atoms with Gasteiger partial charge in [-0.15, -0.1) is 11.8 Å². The van der Waals surface area contributed by atoms with Crippen molar-refractivity contribution in [3.8, 4) is 23.0 Å². The van der Waals surface area contributed by atoms with Crippen LogP contribution in [0.2, 0.25) is 0 Å². The Kier molecular flexibility index (Phi) is 5.12. The molecule has 142 valence electrons. The van der Waals surface area contributed by atoms with Gasteiger partial charge in [0.2, 0.25) is 0 Å². The number of hydrogen-bond donors (Lipinski definition) is 1. The van der Waals surface area contributed by atoms with Crippen molar-refractivity contribution in [2.75, 3.05) is 18.7 Å². The second kappa shape index (κ2) is 7.86. The molecule has 0 fully saturated rings. The Morgan fingerprint density at radius 2 is 1.86 bits per heavy atom. The number of benzene rings is 3. The maximum atomic E-state index is 12.7. The van der Waals surface area contributed by atoms with Gasteiger partial charge in [-0.05, 0) is 54.8 Å². The van der Waals surface area contributed by atoms with E-state index < -0.39 is 0 Å². The SMILES string of the molecule is COc1cc(SC)ccc1C(=O)Nc1ccc2c(c1)COc1ccccc1O2. The van der Waals surface area contributed by atoms with Gasteiger partial charge in [0.15, 0.2) is 11.5 Å². The normalized spacial score (nSPS) is 11.9. The fraction of sp³-hybridized carbons (Fsp3) is 0.136. The quantitative estimate of drug-likeness (QED) is 0.605. The van der Waals surface area contributed by atoms with Crippen LogP contribution in [0.3, 0.4) is 0 Å². The number of carbonyl (C=O) groups is 1. The third-order valence-corrected chi connectivity index (χ3v) is 5.15. The van der Waals surface area contributed by atoms with Gasteiger partial charge in [0.05, 0.1) is 12.7 Å². The lowest BCUT2D eigenvalue weighted by molar-refractivity contribution is 0.102. The van der Waals surface area contributed by atoms with E-state index in [1.165, 1.54) is 0 Å². The molecule has 1 heterocycles. The number of anilines is 1. The van der Waals surface area contributed by atoms with Crippen molar-refractivity contribution in [3.05, 3.63) is 71.8 Å². The van der Waals surface area contributed by atoms with Crippen LogP contribution in [0.15, 0.2) is 65.6 Å². The van der Waals surface area contributed by atoms with Gasteiger partial charge < -0.3 is 19.5 Å². The first-order valence-electron chi connectivity index (χ1n) is 8.74. The number of methoxy groups -OCH3 is 1. The van der Waals surface area contributed by atoms with Gasteiger partial charge in [-0.1, -0.05) is 12.1 Å². The summed E-state index contributed by atoms with van der Waals surface area (Å²) in [6.07, 6.45) is 1.98. The van der Waals surface area contributed by atoms with Crippen molar-refractivity contribution >= 4 is 23.4 Å². The zero-order valence-corrected chi connectivity index (χ0v) is 16.3. The highest BCUT2D eigenvalue weighted by Gasteiger charge is 2.17. The molecule has 4 rings (SSSR count). The predicted octanol–water partition coefficient (Wildman–Crippen LogP) is 5.35. The largest absolute Gasteiger partial charge is 0.496 e. The summed E-state index contributed by atoms with van der Waals surface area (Å²) in [6.45, 7) is 0.363. The lowest BCUT2D eigenvalue weighted by Crippen LogP contribution is -2.13. The monoisotopic (exact) mass is 393 g/mol. The minimum atomic E-state index is -0.233. The van der Waals surface area contributed by atoms with Crippen LogP contribution in [-0.4, -0.2) is 19.3 Å². The van der Waals surface area contributed by atoms with Crippen molar-refractivity contribution in [3.63, 3.8) is 0 Å². The van der Waals surface area contributed by atoms with Gasteiger partial charge in [0.1, 0.15) is 18.1 Å². The molecule has 0 aliphatic carbocycles. The van der Waals surface area contributed by atoms with Gasteiger partial charge in [-0.25, -0.2) is 0 Å². The third kappa shape index (κ3) is 3.64. The summed E-state index contributed by atoms with van der Waals surface area (Å²) in [5.74, 6) is 2.40. The summed E-state index contributed by atoms with van der Waals surface area (Å²) in [5.41, 5.74) is 2.01. The third-order valence-electron chi connectivity index (χ3n) is 4.42. The zero-order chi connectivity index (χ0) is 19.5.